The number of nitrogens with one attached hydrogen (secondary N) is 1. The lowest BCUT2D eigenvalue weighted by Gasteiger charge is -1.93. The molecule has 5 N–H and O–H groups in total. The van der Waals surface area contributed by atoms with Crippen LogP contribution in [0, 0.1) is 0 Å². The van der Waals surface area contributed by atoms with E-state index in [1.165, 1.54) is 0 Å². The van der Waals surface area contributed by atoms with Crippen molar-refractivity contribution >= 4 is 11.7 Å². The van der Waals surface area contributed by atoms with Crippen LogP contribution in [-0.2, 0) is 0 Å². The third-order valence-electron chi connectivity index (χ3n) is 0.652. The van der Waals surface area contributed by atoms with Gasteiger partial charge < -0.3 is 11.5 Å². The average Bonchev–Trinajstić information content (AvgIpc) is 1.83. The number of nitrogens with zero attached hydrogens (tertiary/aromatic N) is 1. The van der Waals surface area contributed by atoms with Gasteiger partial charge in [-0.25, -0.2) is 10.2 Å². The summed E-state index contributed by atoms with van der Waals surface area (Å²) in [7, 11) is 0. The van der Waals surface area contributed by atoms with Crippen LogP contribution in [0.2, 0.25) is 0 Å². The summed E-state index contributed by atoms with van der Waals surface area (Å²) in [6.45, 7) is 2.01. The smallest absolute Gasteiger partial charge is 0.332 e. The van der Waals surface area contributed by atoms with Crippen molar-refractivity contribution in [3.63, 3.8) is 0 Å². The van der Waals surface area contributed by atoms with Gasteiger partial charge in [0.2, 0.25) is 0 Å². The van der Waals surface area contributed by atoms with Crippen molar-refractivity contribution in [2.45, 2.75) is 6.92 Å². The van der Waals surface area contributed by atoms with Crippen molar-refractivity contribution in [3.8, 4) is 0 Å². The van der Waals surface area contributed by atoms with Crippen LogP contribution >= 0.6 is 0 Å². The van der Waals surface area contributed by atoms with Crippen LogP contribution in [0.15, 0.2) is 5.10 Å². The van der Waals surface area contributed by atoms with Crippen molar-refractivity contribution < 1.29 is 4.79 Å². The minimum Gasteiger partial charge on any atom is -0.350 e. The molecule has 0 fully saturated rings. The van der Waals surface area contributed by atoms with E-state index in [0.29, 0.717) is 12.3 Å². The largest absolute Gasteiger partial charge is 0.350 e. The Morgan fingerprint density at radius 2 is 2.33 bits per heavy atom. The number of carbonyl (C=O) groups is 1. The van der Waals surface area contributed by atoms with Crippen LogP contribution in [0.5, 0.6) is 0 Å². The standard InChI is InChI=1S/C4H10N4O/c1-3(2-5)7-8-4(6)9/h2,5H2,1H3,(H3,6,8,9)/b7-3+. The Balaban J connectivity index is 3.56. The first-order valence-corrected chi connectivity index (χ1v) is 2.45. The summed E-state index contributed by atoms with van der Waals surface area (Å²) < 4.78 is 0. The van der Waals surface area contributed by atoms with Gasteiger partial charge in [-0.1, -0.05) is 0 Å². The quantitative estimate of drug-likeness (QED) is 0.330. The third kappa shape index (κ3) is 4.76. The first kappa shape index (κ1) is 7.90. The third-order valence-corrected chi connectivity index (χ3v) is 0.652. The number of hydrazone groups is 1. The molecule has 0 aliphatic rings. The molecule has 0 bridgehead atoms. The second-order valence-corrected chi connectivity index (χ2v) is 1.53. The fourth-order valence-corrected chi connectivity index (χ4v) is 0.196. The molecule has 0 heterocycles. The molecular weight excluding hydrogens is 120 g/mol. The van der Waals surface area contributed by atoms with Crippen LogP contribution in [0.4, 0.5) is 4.79 Å². The number of amides is 2. The first-order chi connectivity index (χ1) is 4.16. The summed E-state index contributed by atoms with van der Waals surface area (Å²) in [5.41, 5.74) is 12.5. The molecule has 0 aliphatic carbocycles. The van der Waals surface area contributed by atoms with Gasteiger partial charge in [0.15, 0.2) is 0 Å². The Kier molecular flexibility index (Phi) is 3.38. The molecule has 0 aromatic carbocycles. The number of nitrogens with two attached hydrogens (primary N) is 2. The van der Waals surface area contributed by atoms with Gasteiger partial charge in [0.05, 0.1) is 0 Å². The van der Waals surface area contributed by atoms with Gasteiger partial charge in [-0.15, -0.1) is 0 Å². The van der Waals surface area contributed by atoms with Crippen molar-refractivity contribution in [2.24, 2.45) is 16.6 Å². The van der Waals surface area contributed by atoms with Crippen molar-refractivity contribution in [1.82, 2.24) is 5.43 Å². The minimum atomic E-state index is -0.678. The molecule has 5 nitrogen and oxygen atoms in total. The van der Waals surface area contributed by atoms with Crippen LogP contribution < -0.4 is 16.9 Å². The molecule has 9 heavy (non-hydrogen) atoms. The van der Waals surface area contributed by atoms with Crippen LogP contribution in [0.1, 0.15) is 6.92 Å². The maximum atomic E-state index is 9.98. The zero-order chi connectivity index (χ0) is 7.28. The molecule has 0 saturated heterocycles. The first-order valence-electron chi connectivity index (χ1n) is 2.45. The van der Waals surface area contributed by atoms with E-state index < -0.39 is 6.03 Å². The van der Waals surface area contributed by atoms with Gasteiger partial charge in [0.25, 0.3) is 0 Å². The molecule has 52 valence electrons. The monoisotopic (exact) mass is 130 g/mol. The van der Waals surface area contributed by atoms with E-state index in [1.54, 1.807) is 6.92 Å². The van der Waals surface area contributed by atoms with E-state index in [-0.39, 0.29) is 0 Å². The molecule has 0 unspecified atom stereocenters. The highest BCUT2D eigenvalue weighted by molar-refractivity contribution is 5.85. The number of carbonyl (C=O) groups excluding carboxylic acids is 1. The predicted octanol–water partition coefficient (Wildman–Crippen LogP) is -1.01. The molecule has 0 atom stereocenters. The van der Waals surface area contributed by atoms with Gasteiger partial charge >= 0.3 is 6.03 Å². The second-order valence-electron chi connectivity index (χ2n) is 1.53. The Morgan fingerprint density at radius 3 is 2.67 bits per heavy atom. The highest BCUT2D eigenvalue weighted by Gasteiger charge is 1.86. The lowest BCUT2D eigenvalue weighted by atomic mass is 10.4. The van der Waals surface area contributed by atoms with Crippen LogP contribution in [-0.4, -0.2) is 18.3 Å². The summed E-state index contributed by atoms with van der Waals surface area (Å²) in [4.78, 5) is 9.98. The maximum Gasteiger partial charge on any atom is 0.332 e. The molecular formula is C4H10N4O. The average molecular weight is 130 g/mol. The summed E-state index contributed by atoms with van der Waals surface area (Å²) in [6, 6.07) is -0.678. The molecule has 0 aromatic rings. The number of urea groups is 1. The van der Waals surface area contributed by atoms with E-state index in [1.807, 2.05) is 5.43 Å². The Bertz CT molecular complexity index is 131. The fourth-order valence-electron chi connectivity index (χ4n) is 0.196. The summed E-state index contributed by atoms with van der Waals surface area (Å²) >= 11 is 0. The number of hydrogen-bond acceptors (Lipinski definition) is 3. The molecule has 0 aromatic heterocycles. The van der Waals surface area contributed by atoms with Gasteiger partial charge in [0, 0.05) is 12.3 Å². The molecule has 0 saturated carbocycles. The molecule has 2 amide bonds. The zero-order valence-corrected chi connectivity index (χ0v) is 5.22. The Labute approximate surface area is 53.1 Å². The fraction of sp³-hybridized carbons (Fsp3) is 0.500. The highest BCUT2D eigenvalue weighted by Crippen LogP contribution is 1.67. The summed E-state index contributed by atoms with van der Waals surface area (Å²) in [5.74, 6) is 0. The number of primary amides is 1. The molecule has 0 aliphatic heterocycles. The molecule has 0 spiro atoms. The second kappa shape index (κ2) is 3.85. The summed E-state index contributed by atoms with van der Waals surface area (Å²) in [6.07, 6.45) is 0. The maximum absolute atomic E-state index is 9.98. The molecule has 0 rings (SSSR count). The lowest BCUT2D eigenvalue weighted by Crippen LogP contribution is -2.26. The van der Waals surface area contributed by atoms with Crippen molar-refractivity contribution in [1.29, 1.82) is 0 Å². The molecule has 5 heteroatoms. The van der Waals surface area contributed by atoms with Gasteiger partial charge in [-0.05, 0) is 6.92 Å². The number of hydrogen-bond donors (Lipinski definition) is 3. The topological polar surface area (TPSA) is 93.5 Å². The van der Waals surface area contributed by atoms with Gasteiger partial charge in [-0.2, -0.15) is 5.10 Å². The minimum absolute atomic E-state index is 0.320. The van der Waals surface area contributed by atoms with E-state index in [2.05, 4.69) is 5.10 Å². The SMILES string of the molecule is C/C(CN)=N\NC(N)=O. The van der Waals surface area contributed by atoms with Gasteiger partial charge in [-0.3, -0.25) is 0 Å². The summed E-state index contributed by atoms with van der Waals surface area (Å²) in [5, 5.41) is 3.51. The van der Waals surface area contributed by atoms with Crippen LogP contribution in [0.3, 0.4) is 0 Å². The van der Waals surface area contributed by atoms with Crippen LogP contribution in [0.25, 0.3) is 0 Å². The lowest BCUT2D eigenvalue weighted by molar-refractivity contribution is 0.249. The van der Waals surface area contributed by atoms with Gasteiger partial charge in [0.1, 0.15) is 0 Å². The normalized spacial score (nSPS) is 11.1. The van der Waals surface area contributed by atoms with E-state index in [9.17, 15) is 4.79 Å². The van der Waals surface area contributed by atoms with E-state index >= 15 is 0 Å². The highest BCUT2D eigenvalue weighted by atomic mass is 16.2. The zero-order valence-electron chi connectivity index (χ0n) is 5.22. The van der Waals surface area contributed by atoms with Crippen molar-refractivity contribution in [3.05, 3.63) is 0 Å². The van der Waals surface area contributed by atoms with Crippen molar-refractivity contribution in [2.75, 3.05) is 6.54 Å². The Morgan fingerprint density at radius 1 is 1.78 bits per heavy atom. The Hall–Kier alpha value is -1.10. The van der Waals surface area contributed by atoms with E-state index in [4.69, 9.17) is 11.5 Å². The van der Waals surface area contributed by atoms with E-state index in [0.717, 1.165) is 0 Å². The molecule has 0 radical (unpaired) electrons. The number of rotatable bonds is 2. The predicted molar refractivity (Wildman–Crippen MR) is 34.9 cm³/mol.